The normalized spacial score (nSPS) is 15.7. The molecule has 1 aromatic heterocycles. The number of H-pyrrole nitrogens is 1. The Morgan fingerprint density at radius 1 is 1.41 bits per heavy atom. The number of aryl methyl sites for hydroxylation is 1. The first-order valence-corrected chi connectivity index (χ1v) is 9.49. The Morgan fingerprint density at radius 2 is 2.22 bits per heavy atom. The first kappa shape index (κ1) is 19.4. The van der Waals surface area contributed by atoms with E-state index in [-0.39, 0.29) is 12.6 Å². The van der Waals surface area contributed by atoms with Crippen LogP contribution in [-0.2, 0) is 4.74 Å². The van der Waals surface area contributed by atoms with Crippen molar-refractivity contribution >= 4 is 16.9 Å². The molecule has 27 heavy (non-hydrogen) atoms. The number of carbonyl (C=O) groups excluding carboxylic acids is 1. The Bertz CT molecular complexity index is 742. The smallest absolute Gasteiger partial charge is 0.317 e. The number of aliphatic hydroxyl groups is 1. The molecular formula is C19H28N4O4. The van der Waals surface area contributed by atoms with Crippen molar-refractivity contribution in [1.82, 2.24) is 20.4 Å². The Balaban J connectivity index is 1.29. The van der Waals surface area contributed by atoms with Crippen molar-refractivity contribution < 1.29 is 19.4 Å². The number of morpholine rings is 1. The Kier molecular flexibility index (Phi) is 6.89. The zero-order chi connectivity index (χ0) is 19.1. The van der Waals surface area contributed by atoms with E-state index >= 15 is 0 Å². The lowest BCUT2D eigenvalue weighted by molar-refractivity contribution is 0.0532. The molecule has 2 heterocycles. The third-order valence-electron chi connectivity index (χ3n) is 4.70. The molecule has 2 aromatic rings. The number of aliphatic hydroxyl groups excluding tert-OH is 1. The molecule has 0 spiro atoms. The van der Waals surface area contributed by atoms with Crippen LogP contribution in [0.3, 0.4) is 0 Å². The maximum atomic E-state index is 11.9. The van der Waals surface area contributed by atoms with Gasteiger partial charge >= 0.3 is 6.03 Å². The largest absolute Gasteiger partial charge is 0.491 e. The van der Waals surface area contributed by atoms with E-state index in [0.717, 1.165) is 35.2 Å². The van der Waals surface area contributed by atoms with Crippen LogP contribution in [0.4, 0.5) is 4.79 Å². The van der Waals surface area contributed by atoms with Gasteiger partial charge in [0.2, 0.25) is 0 Å². The van der Waals surface area contributed by atoms with Gasteiger partial charge in [-0.15, -0.1) is 0 Å². The number of hydrogen-bond acceptors (Lipinski definition) is 5. The van der Waals surface area contributed by atoms with Crippen molar-refractivity contribution in [2.75, 3.05) is 39.5 Å². The fourth-order valence-electron chi connectivity index (χ4n) is 3.06. The van der Waals surface area contributed by atoms with Crippen molar-refractivity contribution in [3.05, 3.63) is 23.9 Å². The summed E-state index contributed by atoms with van der Waals surface area (Å²) in [5.41, 5.74) is 1.90. The molecule has 1 aliphatic rings. The molecule has 3 N–H and O–H groups in total. The van der Waals surface area contributed by atoms with Gasteiger partial charge in [-0.1, -0.05) is 0 Å². The summed E-state index contributed by atoms with van der Waals surface area (Å²) in [6, 6.07) is 5.66. The number of fused-ring (bicyclic) bond motifs is 1. The molecule has 1 aliphatic heterocycles. The standard InChI is InChI=1S/C19H28N4O4/c1-14-17-12-16(5-6-18(17)22-21-14)27-13-15(24)4-2-3-7-20-19(25)23-8-10-26-11-9-23/h5-6,12,15,24H,2-4,7-11,13H2,1H3,(H,20,25)(H,21,22)/t15-/m0/s1. The monoisotopic (exact) mass is 376 g/mol. The van der Waals surface area contributed by atoms with E-state index in [4.69, 9.17) is 9.47 Å². The molecule has 8 nitrogen and oxygen atoms in total. The number of aromatic nitrogens is 2. The summed E-state index contributed by atoms with van der Waals surface area (Å²) in [4.78, 5) is 13.7. The summed E-state index contributed by atoms with van der Waals surface area (Å²) in [6.45, 7) is 5.33. The van der Waals surface area contributed by atoms with Gasteiger partial charge in [0, 0.05) is 30.7 Å². The molecular weight excluding hydrogens is 348 g/mol. The number of ether oxygens (including phenoxy) is 2. The van der Waals surface area contributed by atoms with Gasteiger partial charge in [0.25, 0.3) is 0 Å². The van der Waals surface area contributed by atoms with Crippen LogP contribution in [0.25, 0.3) is 10.9 Å². The van der Waals surface area contributed by atoms with Crippen LogP contribution in [-0.4, -0.2) is 71.8 Å². The molecule has 1 aromatic carbocycles. The predicted octanol–water partition coefficient (Wildman–Crippen LogP) is 1.82. The molecule has 2 amide bonds. The number of amides is 2. The highest BCUT2D eigenvalue weighted by molar-refractivity contribution is 5.82. The van der Waals surface area contributed by atoms with Crippen LogP contribution in [0.5, 0.6) is 5.75 Å². The van der Waals surface area contributed by atoms with Crippen LogP contribution in [0.2, 0.25) is 0 Å². The maximum absolute atomic E-state index is 11.9. The number of carbonyl (C=O) groups is 1. The summed E-state index contributed by atoms with van der Waals surface area (Å²) in [5.74, 6) is 0.726. The topological polar surface area (TPSA) is 99.7 Å². The number of unbranched alkanes of at least 4 members (excludes halogenated alkanes) is 1. The average molecular weight is 376 g/mol. The van der Waals surface area contributed by atoms with Crippen LogP contribution in [0, 0.1) is 6.92 Å². The van der Waals surface area contributed by atoms with Gasteiger partial charge in [0.1, 0.15) is 12.4 Å². The van der Waals surface area contributed by atoms with Crippen molar-refractivity contribution in [3.63, 3.8) is 0 Å². The zero-order valence-corrected chi connectivity index (χ0v) is 15.7. The first-order valence-electron chi connectivity index (χ1n) is 9.49. The SMILES string of the molecule is Cc1[nH]nc2ccc(OC[C@@H](O)CCCCNC(=O)N3CCOCC3)cc12. The lowest BCUT2D eigenvalue weighted by Gasteiger charge is -2.26. The zero-order valence-electron chi connectivity index (χ0n) is 15.7. The van der Waals surface area contributed by atoms with Crippen LogP contribution in [0.15, 0.2) is 18.2 Å². The lowest BCUT2D eigenvalue weighted by atomic mass is 10.1. The Labute approximate surface area is 158 Å². The molecule has 8 heteroatoms. The summed E-state index contributed by atoms with van der Waals surface area (Å²) in [7, 11) is 0. The first-order chi connectivity index (χ1) is 13.1. The summed E-state index contributed by atoms with van der Waals surface area (Å²) in [6.07, 6.45) is 1.77. The van der Waals surface area contributed by atoms with Crippen molar-refractivity contribution in [1.29, 1.82) is 0 Å². The second-order valence-corrected chi connectivity index (χ2v) is 6.82. The Morgan fingerprint density at radius 3 is 3.04 bits per heavy atom. The maximum Gasteiger partial charge on any atom is 0.317 e. The summed E-state index contributed by atoms with van der Waals surface area (Å²) >= 11 is 0. The van der Waals surface area contributed by atoms with E-state index in [2.05, 4.69) is 15.5 Å². The molecule has 0 bridgehead atoms. The molecule has 0 radical (unpaired) electrons. The second-order valence-electron chi connectivity index (χ2n) is 6.82. The van der Waals surface area contributed by atoms with E-state index in [9.17, 15) is 9.90 Å². The summed E-state index contributed by atoms with van der Waals surface area (Å²) < 4.78 is 10.9. The number of hydrogen-bond donors (Lipinski definition) is 3. The molecule has 0 aliphatic carbocycles. The minimum atomic E-state index is -0.527. The molecule has 0 unspecified atom stereocenters. The van der Waals surface area contributed by atoms with E-state index in [1.54, 1.807) is 4.90 Å². The van der Waals surface area contributed by atoms with Gasteiger partial charge in [0.15, 0.2) is 0 Å². The van der Waals surface area contributed by atoms with E-state index in [0.29, 0.717) is 39.3 Å². The van der Waals surface area contributed by atoms with Crippen molar-refractivity contribution in [2.45, 2.75) is 32.3 Å². The van der Waals surface area contributed by atoms with E-state index in [1.165, 1.54) is 0 Å². The number of rotatable bonds is 8. The number of urea groups is 1. The highest BCUT2D eigenvalue weighted by Gasteiger charge is 2.15. The highest BCUT2D eigenvalue weighted by Crippen LogP contribution is 2.21. The minimum Gasteiger partial charge on any atom is -0.491 e. The fraction of sp³-hybridized carbons (Fsp3) is 0.579. The third-order valence-corrected chi connectivity index (χ3v) is 4.70. The summed E-state index contributed by atoms with van der Waals surface area (Å²) in [5, 5.41) is 21.2. The molecule has 3 rings (SSSR count). The molecule has 1 saturated heterocycles. The van der Waals surface area contributed by atoms with Gasteiger partial charge in [-0.25, -0.2) is 4.79 Å². The highest BCUT2D eigenvalue weighted by atomic mass is 16.5. The average Bonchev–Trinajstić information content (AvgIpc) is 3.07. The van der Waals surface area contributed by atoms with Crippen molar-refractivity contribution in [2.24, 2.45) is 0 Å². The minimum absolute atomic E-state index is 0.0351. The number of nitrogens with one attached hydrogen (secondary N) is 2. The van der Waals surface area contributed by atoms with Crippen LogP contribution < -0.4 is 10.1 Å². The van der Waals surface area contributed by atoms with Gasteiger partial charge in [-0.05, 0) is 44.4 Å². The number of aromatic amines is 1. The molecule has 1 fully saturated rings. The quantitative estimate of drug-likeness (QED) is 0.610. The van der Waals surface area contributed by atoms with Gasteiger partial charge in [-0.2, -0.15) is 5.10 Å². The molecule has 1 atom stereocenters. The number of nitrogens with zero attached hydrogens (tertiary/aromatic N) is 2. The van der Waals surface area contributed by atoms with Gasteiger partial charge < -0.3 is 24.8 Å². The Hall–Kier alpha value is -2.32. The van der Waals surface area contributed by atoms with Crippen molar-refractivity contribution in [3.8, 4) is 5.75 Å². The van der Waals surface area contributed by atoms with Crippen LogP contribution in [0.1, 0.15) is 25.0 Å². The number of benzene rings is 1. The van der Waals surface area contributed by atoms with Crippen LogP contribution >= 0.6 is 0 Å². The van der Waals surface area contributed by atoms with Gasteiger partial charge in [-0.3, -0.25) is 5.10 Å². The van der Waals surface area contributed by atoms with E-state index in [1.807, 2.05) is 25.1 Å². The third kappa shape index (κ3) is 5.58. The van der Waals surface area contributed by atoms with Gasteiger partial charge in [0.05, 0.1) is 24.8 Å². The molecule has 148 valence electrons. The van der Waals surface area contributed by atoms with E-state index < -0.39 is 6.10 Å². The molecule has 0 saturated carbocycles. The second kappa shape index (κ2) is 9.57. The lowest BCUT2D eigenvalue weighted by Crippen LogP contribution is -2.46. The predicted molar refractivity (Wildman–Crippen MR) is 102 cm³/mol. The fourth-order valence-corrected chi connectivity index (χ4v) is 3.06.